The number of ether oxygens (including phenoxy) is 1. The van der Waals surface area contributed by atoms with Gasteiger partial charge in [-0.3, -0.25) is 0 Å². The van der Waals surface area contributed by atoms with Gasteiger partial charge in [-0.2, -0.15) is 4.52 Å². The number of benzene rings is 2. The molecule has 0 saturated heterocycles. The number of hydrogen-bond acceptors (Lipinski definition) is 6. The van der Waals surface area contributed by atoms with E-state index in [2.05, 4.69) is 20.0 Å². The van der Waals surface area contributed by atoms with Crippen LogP contribution in [0.1, 0.15) is 0 Å². The van der Waals surface area contributed by atoms with E-state index in [1.165, 1.54) is 28.8 Å². The van der Waals surface area contributed by atoms with Crippen LogP contribution in [0.15, 0.2) is 65.6 Å². The first-order chi connectivity index (χ1) is 14.4. The Labute approximate surface area is 176 Å². The van der Waals surface area contributed by atoms with Gasteiger partial charge in [0, 0.05) is 23.2 Å². The molecule has 0 radical (unpaired) electrons. The Morgan fingerprint density at radius 3 is 2.70 bits per heavy atom. The van der Waals surface area contributed by atoms with E-state index in [4.69, 9.17) is 16.3 Å². The van der Waals surface area contributed by atoms with Crippen LogP contribution in [0.3, 0.4) is 0 Å². The molecule has 0 amide bonds. The molecule has 0 aliphatic rings. The zero-order valence-electron chi connectivity index (χ0n) is 15.4. The van der Waals surface area contributed by atoms with E-state index >= 15 is 0 Å². The summed E-state index contributed by atoms with van der Waals surface area (Å²) in [5, 5.41) is 12.7. The molecular formula is C19H15ClFN5O3S. The Morgan fingerprint density at radius 1 is 1.07 bits per heavy atom. The Hall–Kier alpha value is -3.08. The smallest absolute Gasteiger partial charge is 0.240 e. The van der Waals surface area contributed by atoms with Gasteiger partial charge in [-0.25, -0.2) is 17.5 Å². The first-order valence-electron chi connectivity index (χ1n) is 8.79. The van der Waals surface area contributed by atoms with E-state index < -0.39 is 15.8 Å². The van der Waals surface area contributed by atoms with Crippen molar-refractivity contribution in [2.75, 3.05) is 13.2 Å². The Bertz CT molecular complexity index is 1310. The molecule has 0 aliphatic carbocycles. The van der Waals surface area contributed by atoms with Crippen molar-refractivity contribution in [1.29, 1.82) is 0 Å². The molecule has 1 N–H and O–H groups in total. The SMILES string of the molecule is O=S(=O)(NCCOc1ccc2nnc(-c3cccc(F)c3)n2n1)c1cccc(Cl)c1. The summed E-state index contributed by atoms with van der Waals surface area (Å²) in [5.74, 6) is 0.196. The van der Waals surface area contributed by atoms with Gasteiger partial charge < -0.3 is 4.74 Å². The third kappa shape index (κ3) is 4.40. The molecule has 0 atom stereocenters. The average molecular weight is 448 g/mol. The third-order valence-electron chi connectivity index (χ3n) is 4.07. The van der Waals surface area contributed by atoms with Crippen LogP contribution in [-0.2, 0) is 10.0 Å². The van der Waals surface area contributed by atoms with Crippen molar-refractivity contribution in [3.05, 3.63) is 71.5 Å². The summed E-state index contributed by atoms with van der Waals surface area (Å²) in [6, 6.07) is 15.1. The number of sulfonamides is 1. The zero-order chi connectivity index (χ0) is 21.1. The molecule has 0 aliphatic heterocycles. The summed E-state index contributed by atoms with van der Waals surface area (Å²) in [4.78, 5) is 0.0683. The lowest BCUT2D eigenvalue weighted by Gasteiger charge is -2.08. The van der Waals surface area contributed by atoms with Crippen molar-refractivity contribution >= 4 is 27.3 Å². The summed E-state index contributed by atoms with van der Waals surface area (Å²) < 4.78 is 47.5. The number of fused-ring (bicyclic) bond motifs is 1. The fourth-order valence-electron chi connectivity index (χ4n) is 2.71. The van der Waals surface area contributed by atoms with Crippen LogP contribution in [0.25, 0.3) is 17.0 Å². The normalized spacial score (nSPS) is 11.7. The quantitative estimate of drug-likeness (QED) is 0.437. The number of halogens is 2. The van der Waals surface area contributed by atoms with Gasteiger partial charge in [0.05, 0.1) is 4.90 Å². The number of nitrogens with zero attached hydrogens (tertiary/aromatic N) is 4. The van der Waals surface area contributed by atoms with Gasteiger partial charge in [-0.1, -0.05) is 29.8 Å². The molecule has 8 nitrogen and oxygen atoms in total. The van der Waals surface area contributed by atoms with E-state index in [0.717, 1.165) is 0 Å². The van der Waals surface area contributed by atoms with Crippen molar-refractivity contribution in [2.24, 2.45) is 0 Å². The van der Waals surface area contributed by atoms with E-state index in [9.17, 15) is 12.8 Å². The van der Waals surface area contributed by atoms with Crippen molar-refractivity contribution in [2.45, 2.75) is 4.90 Å². The highest BCUT2D eigenvalue weighted by Gasteiger charge is 2.14. The van der Waals surface area contributed by atoms with Crippen molar-refractivity contribution in [1.82, 2.24) is 24.5 Å². The van der Waals surface area contributed by atoms with E-state index in [-0.39, 0.29) is 23.9 Å². The molecule has 154 valence electrons. The fourth-order valence-corrected chi connectivity index (χ4v) is 4.02. The molecule has 0 fully saturated rings. The van der Waals surface area contributed by atoms with Gasteiger partial charge in [0.15, 0.2) is 11.5 Å². The van der Waals surface area contributed by atoms with Crippen LogP contribution < -0.4 is 9.46 Å². The molecule has 2 aromatic carbocycles. The molecule has 0 saturated carbocycles. The maximum atomic E-state index is 13.5. The highest BCUT2D eigenvalue weighted by atomic mass is 35.5. The van der Waals surface area contributed by atoms with Gasteiger partial charge in [-0.05, 0) is 36.4 Å². The molecular weight excluding hydrogens is 433 g/mol. The van der Waals surface area contributed by atoms with Crippen LogP contribution in [0.5, 0.6) is 5.88 Å². The summed E-state index contributed by atoms with van der Waals surface area (Å²) in [6.45, 7) is 0.0588. The highest BCUT2D eigenvalue weighted by Crippen LogP contribution is 2.20. The standard InChI is InChI=1S/C19H15ClFN5O3S/c20-14-4-2-6-16(12-14)30(27,28)22-9-10-29-18-8-7-17-23-24-19(26(17)25-18)13-3-1-5-15(21)11-13/h1-8,11-12,22H,9-10H2. The maximum absolute atomic E-state index is 13.5. The predicted molar refractivity (Wildman–Crippen MR) is 108 cm³/mol. The molecule has 0 bridgehead atoms. The third-order valence-corrected chi connectivity index (χ3v) is 5.77. The van der Waals surface area contributed by atoms with E-state index in [1.807, 2.05) is 0 Å². The Balaban J connectivity index is 1.44. The lowest BCUT2D eigenvalue weighted by atomic mass is 10.2. The molecule has 0 unspecified atom stereocenters. The second kappa shape index (κ2) is 8.34. The first kappa shape index (κ1) is 20.2. The molecule has 2 heterocycles. The maximum Gasteiger partial charge on any atom is 0.240 e. The molecule has 30 heavy (non-hydrogen) atoms. The predicted octanol–water partition coefficient (Wildman–Crippen LogP) is 2.94. The molecule has 11 heteroatoms. The van der Waals surface area contributed by atoms with Gasteiger partial charge in [-0.15, -0.1) is 15.3 Å². The molecule has 4 aromatic rings. The lowest BCUT2D eigenvalue weighted by molar-refractivity contribution is 0.306. The topological polar surface area (TPSA) is 98.5 Å². The van der Waals surface area contributed by atoms with Crippen molar-refractivity contribution < 1.29 is 17.5 Å². The van der Waals surface area contributed by atoms with Crippen LogP contribution in [0.2, 0.25) is 5.02 Å². The number of aromatic nitrogens is 4. The van der Waals surface area contributed by atoms with E-state index in [1.54, 1.807) is 36.4 Å². The summed E-state index contributed by atoms with van der Waals surface area (Å²) in [7, 11) is -3.71. The van der Waals surface area contributed by atoms with Crippen LogP contribution >= 0.6 is 11.6 Å². The molecule has 0 spiro atoms. The van der Waals surface area contributed by atoms with Crippen molar-refractivity contribution in [3.63, 3.8) is 0 Å². The molecule has 2 aromatic heterocycles. The average Bonchev–Trinajstić information content (AvgIpc) is 3.14. The van der Waals surface area contributed by atoms with Gasteiger partial charge in [0.1, 0.15) is 12.4 Å². The monoisotopic (exact) mass is 447 g/mol. The minimum atomic E-state index is -3.71. The minimum absolute atomic E-state index is 0.0213. The Morgan fingerprint density at radius 2 is 1.90 bits per heavy atom. The Kier molecular flexibility index (Phi) is 5.62. The van der Waals surface area contributed by atoms with Gasteiger partial charge >= 0.3 is 0 Å². The first-order valence-corrected chi connectivity index (χ1v) is 10.6. The second-order valence-corrected chi connectivity index (χ2v) is 8.38. The lowest BCUT2D eigenvalue weighted by Crippen LogP contribution is -2.28. The molecule has 4 rings (SSSR count). The summed E-state index contributed by atoms with van der Waals surface area (Å²) in [6.07, 6.45) is 0. The summed E-state index contributed by atoms with van der Waals surface area (Å²) in [5.41, 5.74) is 0.977. The van der Waals surface area contributed by atoms with Crippen LogP contribution in [-0.4, -0.2) is 41.4 Å². The number of hydrogen-bond donors (Lipinski definition) is 1. The number of nitrogens with one attached hydrogen (secondary N) is 1. The van der Waals surface area contributed by atoms with Crippen LogP contribution in [0, 0.1) is 5.82 Å². The zero-order valence-corrected chi connectivity index (χ0v) is 16.9. The minimum Gasteiger partial charge on any atom is -0.475 e. The van der Waals surface area contributed by atoms with Crippen molar-refractivity contribution in [3.8, 4) is 17.3 Å². The fraction of sp³-hybridized carbons (Fsp3) is 0.105. The highest BCUT2D eigenvalue weighted by molar-refractivity contribution is 7.89. The van der Waals surface area contributed by atoms with Crippen LogP contribution in [0.4, 0.5) is 4.39 Å². The van der Waals surface area contributed by atoms with Gasteiger partial charge in [0.2, 0.25) is 15.9 Å². The van der Waals surface area contributed by atoms with E-state index in [0.29, 0.717) is 22.1 Å². The number of rotatable bonds is 7. The van der Waals surface area contributed by atoms with Gasteiger partial charge in [0.25, 0.3) is 0 Å². The summed E-state index contributed by atoms with van der Waals surface area (Å²) >= 11 is 5.84. The second-order valence-electron chi connectivity index (χ2n) is 6.18. The largest absolute Gasteiger partial charge is 0.475 e.